The second-order valence-corrected chi connectivity index (χ2v) is 17.0. The van der Waals surface area contributed by atoms with Crippen LogP contribution in [-0.2, 0) is 42.1 Å². The number of para-hydroxylation sites is 2. The summed E-state index contributed by atoms with van der Waals surface area (Å²) in [7, 11) is -4.06. The molecule has 4 aromatic rings. The van der Waals surface area contributed by atoms with E-state index in [2.05, 4.69) is 82.3 Å². The van der Waals surface area contributed by atoms with Crippen LogP contribution in [0.2, 0.25) is 0 Å². The Bertz CT molecular complexity index is 2800. The fourth-order valence-corrected chi connectivity index (χ4v) is 10.6. The van der Waals surface area contributed by atoms with Gasteiger partial charge in [-0.2, -0.15) is 8.88 Å². The zero-order valence-corrected chi connectivity index (χ0v) is 33.1. The Morgan fingerprint density at radius 2 is 1.47 bits per heavy atom. The summed E-state index contributed by atoms with van der Waals surface area (Å²) in [6.07, 6.45) is 2.27. The molecule has 0 bridgehead atoms. The summed E-state index contributed by atoms with van der Waals surface area (Å²) in [5, 5.41) is 2.32. The van der Waals surface area contributed by atoms with Gasteiger partial charge in [0.15, 0.2) is 6.54 Å². The minimum absolute atomic E-state index is 0. The van der Waals surface area contributed by atoms with E-state index in [0.29, 0.717) is 22.0 Å². The highest BCUT2D eigenvalue weighted by Crippen LogP contribution is 2.45. The lowest BCUT2D eigenvalue weighted by atomic mass is 9.93. The number of hydrogen-bond acceptors (Lipinski definition) is 8. The summed E-state index contributed by atoms with van der Waals surface area (Å²) < 4.78 is 39.8. The monoisotopic (exact) mass is 815 g/mol. The minimum atomic E-state index is -4.06. The molecule has 0 atom stereocenters. The van der Waals surface area contributed by atoms with E-state index in [1.807, 2.05) is 24.3 Å². The summed E-state index contributed by atoms with van der Waals surface area (Å²) >= 11 is 0. The molecule has 6 aliphatic rings. The van der Waals surface area contributed by atoms with Gasteiger partial charge in [-0.3, -0.25) is 9.59 Å². The molecule has 10 rings (SSSR count). The second-order valence-electron chi connectivity index (χ2n) is 15.1. The molecule has 11 nitrogen and oxygen atoms in total. The Morgan fingerprint density at radius 3 is 2.28 bits per heavy atom. The number of imide groups is 1. The van der Waals surface area contributed by atoms with Crippen LogP contribution in [0.5, 0.6) is 0 Å². The van der Waals surface area contributed by atoms with Gasteiger partial charge in [-0.25, -0.2) is 13.2 Å². The molecule has 13 heteroatoms. The van der Waals surface area contributed by atoms with Crippen LogP contribution in [0, 0.1) is 5.92 Å². The van der Waals surface area contributed by atoms with Crippen LogP contribution in [0.3, 0.4) is 0 Å². The third kappa shape index (κ3) is 6.36. The Balaban J connectivity index is 0.00000436. The fourth-order valence-electron chi connectivity index (χ4n) is 8.90. The molecule has 2 fully saturated rings. The van der Waals surface area contributed by atoms with Gasteiger partial charge < -0.3 is 14.2 Å². The highest BCUT2D eigenvalue weighted by Gasteiger charge is 2.39. The molecule has 0 radical (unpaired) electrons. The van der Waals surface area contributed by atoms with Crippen molar-refractivity contribution in [1.82, 2.24) is 13.9 Å². The average Bonchev–Trinajstić information content (AvgIpc) is 3.96. The van der Waals surface area contributed by atoms with Crippen molar-refractivity contribution in [2.24, 2.45) is 5.92 Å². The van der Waals surface area contributed by atoms with E-state index in [0.717, 1.165) is 53.5 Å². The maximum atomic E-state index is 14.7. The molecule has 5 aliphatic heterocycles. The molecule has 5 heterocycles. The number of amides is 2. The van der Waals surface area contributed by atoms with Gasteiger partial charge in [-0.1, -0.05) is 54.6 Å². The number of halogens is 1. The molecular weight excluding hydrogens is 776 g/mol. The zero-order chi connectivity index (χ0) is 38.8. The first-order valence-corrected chi connectivity index (χ1v) is 20.9. The highest BCUT2D eigenvalue weighted by molar-refractivity contribution is 7.89. The third-order valence-corrected chi connectivity index (χ3v) is 13.8. The van der Waals surface area contributed by atoms with Crippen molar-refractivity contribution in [2.75, 3.05) is 31.1 Å². The maximum Gasteiger partial charge on any atom is 0.336 e. The van der Waals surface area contributed by atoms with E-state index in [9.17, 15) is 22.8 Å². The lowest BCUT2D eigenvalue weighted by molar-refractivity contribution is -0.201. The van der Waals surface area contributed by atoms with Gasteiger partial charge in [0.05, 0.1) is 16.9 Å². The van der Waals surface area contributed by atoms with E-state index < -0.39 is 33.7 Å². The van der Waals surface area contributed by atoms with Crippen LogP contribution < -0.4 is 14.8 Å². The molecule has 58 heavy (non-hydrogen) atoms. The van der Waals surface area contributed by atoms with Crippen LogP contribution in [0.1, 0.15) is 36.8 Å². The zero-order valence-electron chi connectivity index (χ0n) is 31.5. The summed E-state index contributed by atoms with van der Waals surface area (Å²) in [4.78, 5) is 44.6. The van der Waals surface area contributed by atoms with Crippen LogP contribution in [0.25, 0.3) is 33.4 Å². The van der Waals surface area contributed by atoms with Crippen molar-refractivity contribution >= 4 is 68.2 Å². The lowest BCUT2D eigenvalue weighted by Gasteiger charge is -2.31. The van der Waals surface area contributed by atoms with Crippen molar-refractivity contribution < 1.29 is 32.1 Å². The smallest absolute Gasteiger partial charge is 0.336 e. The first-order chi connectivity index (χ1) is 27.7. The Morgan fingerprint density at radius 1 is 0.741 bits per heavy atom. The molecule has 2 saturated heterocycles. The normalized spacial score (nSPS) is 18.1. The summed E-state index contributed by atoms with van der Waals surface area (Å²) in [6.45, 7) is 1.83. The average molecular weight is 816 g/mol. The van der Waals surface area contributed by atoms with E-state index in [1.165, 1.54) is 26.8 Å². The van der Waals surface area contributed by atoms with Gasteiger partial charge in [0.25, 0.3) is 11.8 Å². The molecule has 294 valence electrons. The number of nitrogens with zero attached hydrogens (tertiary/aromatic N) is 4. The number of anilines is 2. The number of fused-ring (bicyclic) bond motifs is 4. The third-order valence-electron chi connectivity index (χ3n) is 11.8. The second kappa shape index (κ2) is 14.8. The number of piperidine rings is 1. The van der Waals surface area contributed by atoms with E-state index in [-0.39, 0.29) is 56.1 Å². The largest absolute Gasteiger partial charge is 0.456 e. The van der Waals surface area contributed by atoms with Crippen molar-refractivity contribution in [3.05, 3.63) is 126 Å². The number of hydroxylamine groups is 2. The molecule has 0 saturated carbocycles. The standard InChI is InChI=1S/C45H39N4O7S.ClH/c50-42-17-18-43(51)49(42)56-45(52)31-19-23-46(24-20-31)57(53,54)41-12-6-3-9-36(41)44-34-15-13-32(47-25-21-29-7-1-4-10-37(29)47)27-39(34)55-40-28-33(14-16-35(40)44)48-26-22-30-8-2-5-11-38(30)48;/h1-16,27-28,31H,17-26H2;1H/q+1;. The predicted octanol–water partition coefficient (Wildman–Crippen LogP) is 6.99. The molecule has 0 spiro atoms. The van der Waals surface area contributed by atoms with Crippen LogP contribution in [0.4, 0.5) is 17.1 Å². The topological polar surface area (TPSA) is 120 Å². The first kappa shape index (κ1) is 37.7. The molecule has 0 N–H and O–H groups in total. The number of benzene rings is 5. The molecule has 4 aromatic carbocycles. The van der Waals surface area contributed by atoms with E-state index in [1.54, 1.807) is 12.1 Å². The lowest BCUT2D eigenvalue weighted by Crippen LogP contribution is -2.42. The fraction of sp³-hybridized carbons (Fsp3) is 0.244. The van der Waals surface area contributed by atoms with Crippen molar-refractivity contribution in [3.8, 4) is 22.5 Å². The molecule has 0 aromatic heterocycles. The highest BCUT2D eigenvalue weighted by atomic mass is 35.5. The van der Waals surface area contributed by atoms with Crippen LogP contribution >= 0.6 is 12.4 Å². The van der Waals surface area contributed by atoms with Crippen LogP contribution in [0.15, 0.2) is 119 Å². The van der Waals surface area contributed by atoms with Crippen molar-refractivity contribution in [2.45, 2.75) is 43.4 Å². The number of carbonyl (C=O) groups excluding carboxylic acids is 3. The van der Waals surface area contributed by atoms with Gasteiger partial charge in [0.2, 0.25) is 21.1 Å². The van der Waals surface area contributed by atoms with Gasteiger partial charge in [-0.05, 0) is 55.2 Å². The Labute approximate surface area is 341 Å². The quantitative estimate of drug-likeness (QED) is 0.100. The minimum Gasteiger partial charge on any atom is -0.456 e. The Kier molecular flexibility index (Phi) is 9.66. The van der Waals surface area contributed by atoms with Gasteiger partial charge in [-0.15, -0.1) is 17.5 Å². The summed E-state index contributed by atoms with van der Waals surface area (Å²) in [6, 6.07) is 36.2. The molecule has 1 aliphatic carbocycles. The summed E-state index contributed by atoms with van der Waals surface area (Å²) in [5.74, 6) is -1.80. The van der Waals surface area contributed by atoms with Crippen LogP contribution in [-0.4, -0.2) is 61.7 Å². The van der Waals surface area contributed by atoms with Gasteiger partial charge in [0, 0.05) is 96.1 Å². The SMILES string of the molecule is Cl.O=C(ON1C(=O)CCC1=O)C1CCN(S(=O)(=O)c2ccccc2-c2c3ccc(=[N+]4CCc5ccccc54)cc-3oc3cc(N4CCc5ccccc54)ccc23)CC1. The number of hydrogen-bond donors (Lipinski definition) is 0. The maximum absolute atomic E-state index is 14.7. The van der Waals surface area contributed by atoms with Crippen molar-refractivity contribution in [3.63, 3.8) is 0 Å². The number of rotatable bonds is 6. The van der Waals surface area contributed by atoms with Crippen molar-refractivity contribution in [1.29, 1.82) is 0 Å². The molecule has 2 amide bonds. The van der Waals surface area contributed by atoms with Gasteiger partial charge >= 0.3 is 5.97 Å². The number of sulfonamides is 1. The van der Waals surface area contributed by atoms with E-state index in [4.69, 9.17) is 9.25 Å². The summed E-state index contributed by atoms with van der Waals surface area (Å²) in [5.41, 5.74) is 8.64. The molecular formula is C45H40ClN4O7S+. The Hall–Kier alpha value is -5.82. The first-order valence-electron chi connectivity index (χ1n) is 19.5. The predicted molar refractivity (Wildman–Crippen MR) is 221 cm³/mol. The number of carbonyl (C=O) groups is 3. The van der Waals surface area contributed by atoms with E-state index >= 15 is 0 Å². The molecule has 0 unspecified atom stereocenters. The van der Waals surface area contributed by atoms with Gasteiger partial charge in [0.1, 0.15) is 11.3 Å².